The topological polar surface area (TPSA) is 71.4 Å². The molecular formula is C6H5O4PS. The van der Waals surface area contributed by atoms with Crippen LogP contribution in [-0.4, -0.2) is 13.0 Å². The first-order valence-electron chi connectivity index (χ1n) is 2.95. The van der Waals surface area contributed by atoms with Crippen molar-refractivity contribution in [2.24, 2.45) is 0 Å². The van der Waals surface area contributed by atoms with Crippen LogP contribution >= 0.6 is 8.46 Å². The summed E-state index contributed by atoms with van der Waals surface area (Å²) in [6, 6.07) is 5.10. The first-order valence-corrected chi connectivity index (χ1v) is 5.20. The molecule has 0 amide bonds. The fourth-order valence-electron chi connectivity index (χ4n) is 0.679. The maximum atomic E-state index is 10.5. The molecule has 0 spiro atoms. The minimum atomic E-state index is -4.13. The van der Waals surface area contributed by atoms with Gasteiger partial charge in [-0.25, -0.2) is 0 Å². The Kier molecular flexibility index (Phi) is 2.57. The molecule has 0 saturated carbocycles. The molecule has 1 rings (SSSR count). The minimum absolute atomic E-state index is 0.177. The Morgan fingerprint density at radius 1 is 1.17 bits per heavy atom. The monoisotopic (exact) mass is 204 g/mol. The summed E-state index contributed by atoms with van der Waals surface area (Å²) in [5.41, 5.74) is 0. The number of hydrogen-bond donors (Lipinski definition) is 1. The lowest BCUT2D eigenvalue weighted by Gasteiger charge is -1.94. The van der Waals surface area contributed by atoms with Crippen LogP contribution in [0, 0.1) is 0 Å². The zero-order chi connectivity index (χ0) is 9.19. The Labute approximate surface area is 71.2 Å². The van der Waals surface area contributed by atoms with Crippen molar-refractivity contribution in [3.63, 3.8) is 0 Å². The first kappa shape index (κ1) is 9.32. The molecule has 0 aromatic heterocycles. The molecule has 64 valence electrons. The van der Waals surface area contributed by atoms with Crippen LogP contribution in [0.1, 0.15) is 0 Å². The molecule has 1 N–H and O–H groups in total. The van der Waals surface area contributed by atoms with E-state index in [1.54, 1.807) is 0 Å². The van der Waals surface area contributed by atoms with Gasteiger partial charge in [-0.3, -0.25) is 9.12 Å². The average molecular weight is 204 g/mol. The molecule has 4 nitrogen and oxygen atoms in total. The smallest absolute Gasteiger partial charge is 0.282 e. The lowest BCUT2D eigenvalue weighted by Crippen LogP contribution is -1.99. The van der Waals surface area contributed by atoms with E-state index in [-0.39, 0.29) is 13.4 Å². The average Bonchev–Trinajstić information content (AvgIpc) is 2.03. The van der Waals surface area contributed by atoms with Gasteiger partial charge in [0.15, 0.2) is 8.46 Å². The third-order valence-electron chi connectivity index (χ3n) is 1.24. The predicted molar refractivity (Wildman–Crippen MR) is 43.5 cm³/mol. The van der Waals surface area contributed by atoms with Gasteiger partial charge in [-0.2, -0.15) is 8.42 Å². The van der Waals surface area contributed by atoms with Crippen molar-refractivity contribution in [3.05, 3.63) is 24.3 Å². The molecule has 0 aliphatic rings. The molecule has 0 heterocycles. The molecule has 12 heavy (non-hydrogen) atoms. The Bertz CT molecular complexity index is 381. The Morgan fingerprint density at radius 3 is 2.00 bits per heavy atom. The molecular weight excluding hydrogens is 199 g/mol. The SMILES string of the molecule is O=Pc1ccc(S(=O)(=O)O)cc1. The van der Waals surface area contributed by atoms with E-state index in [1.165, 1.54) is 24.3 Å². The minimum Gasteiger partial charge on any atom is -0.282 e. The summed E-state index contributed by atoms with van der Waals surface area (Å²) in [5.74, 6) is 0. The summed E-state index contributed by atoms with van der Waals surface area (Å²) in [4.78, 5) is -0.199. The second-order valence-electron chi connectivity index (χ2n) is 2.06. The van der Waals surface area contributed by atoms with Crippen molar-refractivity contribution in [2.45, 2.75) is 4.90 Å². The summed E-state index contributed by atoms with van der Waals surface area (Å²) in [5, 5.41) is 0.461. The van der Waals surface area contributed by atoms with Gasteiger partial charge in [0.1, 0.15) is 0 Å². The van der Waals surface area contributed by atoms with Crippen LogP contribution in [0.4, 0.5) is 0 Å². The molecule has 0 radical (unpaired) electrons. The van der Waals surface area contributed by atoms with Crippen LogP contribution in [0.5, 0.6) is 0 Å². The summed E-state index contributed by atoms with van der Waals surface area (Å²) in [6.07, 6.45) is 0. The van der Waals surface area contributed by atoms with Gasteiger partial charge in [0, 0.05) is 5.30 Å². The second-order valence-corrected chi connectivity index (χ2v) is 4.18. The molecule has 0 unspecified atom stereocenters. The lowest BCUT2D eigenvalue weighted by molar-refractivity contribution is 0.483. The van der Waals surface area contributed by atoms with Crippen LogP contribution < -0.4 is 5.30 Å². The van der Waals surface area contributed by atoms with Gasteiger partial charge in [-0.15, -0.1) is 0 Å². The summed E-state index contributed by atoms with van der Waals surface area (Å²) in [6.45, 7) is 0. The van der Waals surface area contributed by atoms with Gasteiger partial charge >= 0.3 is 0 Å². The molecule has 0 aliphatic heterocycles. The van der Waals surface area contributed by atoms with Crippen molar-refractivity contribution in [3.8, 4) is 0 Å². The van der Waals surface area contributed by atoms with Crippen LogP contribution in [0.25, 0.3) is 0 Å². The maximum absolute atomic E-state index is 10.5. The molecule has 0 fully saturated rings. The highest BCUT2D eigenvalue weighted by Gasteiger charge is 2.07. The molecule has 0 aliphatic carbocycles. The standard InChI is InChI=1S/C6H5O4PS/c7-11-5-1-3-6(4-2-5)12(8,9)10/h1-4H,(H,8,9,10). The van der Waals surface area contributed by atoms with E-state index < -0.39 is 10.1 Å². The second kappa shape index (κ2) is 3.31. The van der Waals surface area contributed by atoms with Crippen LogP contribution in [0.15, 0.2) is 29.2 Å². The van der Waals surface area contributed by atoms with Crippen molar-refractivity contribution in [1.82, 2.24) is 0 Å². The molecule has 6 heteroatoms. The highest BCUT2D eigenvalue weighted by atomic mass is 32.2. The van der Waals surface area contributed by atoms with Gasteiger partial charge in [0.2, 0.25) is 0 Å². The zero-order valence-electron chi connectivity index (χ0n) is 5.84. The summed E-state index contributed by atoms with van der Waals surface area (Å²) < 4.78 is 39.8. The van der Waals surface area contributed by atoms with Crippen molar-refractivity contribution in [1.29, 1.82) is 0 Å². The number of rotatable bonds is 2. The molecule has 1 aromatic carbocycles. The largest absolute Gasteiger partial charge is 0.294 e. The number of benzene rings is 1. The van der Waals surface area contributed by atoms with Gasteiger partial charge in [0.05, 0.1) is 4.90 Å². The van der Waals surface area contributed by atoms with E-state index >= 15 is 0 Å². The molecule has 1 aromatic rings. The van der Waals surface area contributed by atoms with Crippen molar-refractivity contribution in [2.75, 3.05) is 0 Å². The fourth-order valence-corrected chi connectivity index (χ4v) is 1.43. The third-order valence-corrected chi connectivity index (χ3v) is 2.62. The van der Waals surface area contributed by atoms with Crippen LogP contribution in [0.3, 0.4) is 0 Å². The Morgan fingerprint density at radius 2 is 1.67 bits per heavy atom. The summed E-state index contributed by atoms with van der Waals surface area (Å²) >= 11 is 0. The van der Waals surface area contributed by atoms with Gasteiger partial charge < -0.3 is 0 Å². The highest BCUT2D eigenvalue weighted by Crippen LogP contribution is 2.07. The molecule has 0 atom stereocenters. The van der Waals surface area contributed by atoms with E-state index in [0.29, 0.717) is 5.30 Å². The highest BCUT2D eigenvalue weighted by molar-refractivity contribution is 7.85. The quantitative estimate of drug-likeness (QED) is 0.572. The third kappa shape index (κ3) is 2.11. The maximum Gasteiger partial charge on any atom is 0.294 e. The van der Waals surface area contributed by atoms with E-state index in [4.69, 9.17) is 4.55 Å². The Balaban J connectivity index is 3.17. The molecule has 0 bridgehead atoms. The Hall–Kier alpha value is -0.770. The van der Waals surface area contributed by atoms with Crippen LogP contribution in [-0.2, 0) is 14.7 Å². The fraction of sp³-hybridized carbons (Fsp3) is 0. The summed E-state index contributed by atoms with van der Waals surface area (Å²) in [7, 11) is -4.31. The van der Waals surface area contributed by atoms with Crippen LogP contribution in [0.2, 0.25) is 0 Å². The van der Waals surface area contributed by atoms with Gasteiger partial charge in [-0.1, -0.05) is 0 Å². The zero-order valence-corrected chi connectivity index (χ0v) is 7.55. The number of hydrogen-bond acceptors (Lipinski definition) is 3. The predicted octanol–water partition coefficient (Wildman–Crippen LogP) is 0.850. The lowest BCUT2D eigenvalue weighted by atomic mass is 10.4. The normalized spacial score (nSPS) is 11.8. The first-order chi connectivity index (χ1) is 5.54. The van der Waals surface area contributed by atoms with Crippen molar-refractivity contribution >= 4 is 23.9 Å². The van der Waals surface area contributed by atoms with Gasteiger partial charge in [-0.05, 0) is 24.3 Å². The van der Waals surface area contributed by atoms with Crippen molar-refractivity contribution < 1.29 is 17.5 Å². The van der Waals surface area contributed by atoms with E-state index in [1.807, 2.05) is 0 Å². The van der Waals surface area contributed by atoms with E-state index in [9.17, 15) is 13.0 Å². The van der Waals surface area contributed by atoms with Gasteiger partial charge in [0.25, 0.3) is 10.1 Å². The van der Waals surface area contributed by atoms with E-state index in [0.717, 1.165) is 0 Å². The molecule has 0 saturated heterocycles. The van der Waals surface area contributed by atoms with E-state index in [2.05, 4.69) is 0 Å².